The highest BCUT2D eigenvalue weighted by atomic mass is 35.5. The number of halogens is 1. The lowest BCUT2D eigenvalue weighted by atomic mass is 10.4. The summed E-state index contributed by atoms with van der Waals surface area (Å²) in [6.45, 7) is 1.94. The summed E-state index contributed by atoms with van der Waals surface area (Å²) in [5, 5.41) is 9.15. The summed E-state index contributed by atoms with van der Waals surface area (Å²) < 4.78 is 1.81. The molecule has 0 spiro atoms. The molecular formula is C8H7ClN4S3. The van der Waals surface area contributed by atoms with Crippen LogP contribution < -0.4 is 0 Å². The molecule has 2 heterocycles. The van der Waals surface area contributed by atoms with E-state index < -0.39 is 0 Å². The molecule has 0 atom stereocenters. The van der Waals surface area contributed by atoms with Crippen molar-refractivity contribution < 1.29 is 0 Å². The molecule has 2 aromatic heterocycles. The van der Waals surface area contributed by atoms with Gasteiger partial charge in [0, 0.05) is 11.8 Å². The molecule has 0 aliphatic heterocycles. The minimum atomic E-state index is 0.253. The average Bonchev–Trinajstić information content (AvgIpc) is 2.71. The fourth-order valence-electron chi connectivity index (χ4n) is 0.913. The van der Waals surface area contributed by atoms with Gasteiger partial charge >= 0.3 is 0 Å². The van der Waals surface area contributed by atoms with Gasteiger partial charge < -0.3 is 0 Å². The van der Waals surface area contributed by atoms with Crippen LogP contribution in [0.2, 0.25) is 5.28 Å². The lowest BCUT2D eigenvalue weighted by Gasteiger charge is -2.00. The Kier molecular flexibility index (Phi) is 4.01. The first-order chi connectivity index (χ1) is 7.69. The van der Waals surface area contributed by atoms with Crippen LogP contribution in [0.5, 0.6) is 0 Å². The maximum atomic E-state index is 5.74. The predicted molar refractivity (Wildman–Crippen MR) is 67.6 cm³/mol. The lowest BCUT2D eigenvalue weighted by molar-refractivity contribution is 0.948. The zero-order valence-corrected chi connectivity index (χ0v) is 11.7. The van der Waals surface area contributed by atoms with Crippen LogP contribution in [0.1, 0.15) is 5.56 Å². The van der Waals surface area contributed by atoms with Gasteiger partial charge in [0.15, 0.2) is 8.68 Å². The third kappa shape index (κ3) is 2.85. The molecule has 0 saturated carbocycles. The fraction of sp³-hybridized carbons (Fsp3) is 0.250. The van der Waals surface area contributed by atoms with Crippen molar-refractivity contribution in [2.75, 3.05) is 6.26 Å². The molecule has 0 N–H and O–H groups in total. The van der Waals surface area contributed by atoms with Gasteiger partial charge in [0.1, 0.15) is 5.03 Å². The van der Waals surface area contributed by atoms with Gasteiger partial charge in [0.05, 0.1) is 0 Å². The Hall–Kier alpha value is -0.370. The first kappa shape index (κ1) is 12.1. The normalized spacial score (nSPS) is 10.7. The molecule has 0 radical (unpaired) electrons. The van der Waals surface area contributed by atoms with Crippen LogP contribution in [0.25, 0.3) is 0 Å². The summed E-state index contributed by atoms with van der Waals surface area (Å²) in [6.07, 6.45) is 3.68. The van der Waals surface area contributed by atoms with Gasteiger partial charge in [-0.1, -0.05) is 23.1 Å². The number of aromatic nitrogens is 4. The lowest BCUT2D eigenvalue weighted by Crippen LogP contribution is -1.89. The molecular weight excluding hydrogens is 284 g/mol. The Morgan fingerprint density at radius 3 is 2.75 bits per heavy atom. The highest BCUT2D eigenvalue weighted by Gasteiger charge is 2.09. The maximum Gasteiger partial charge on any atom is 0.223 e. The number of rotatable bonds is 3. The first-order valence-electron chi connectivity index (χ1n) is 4.23. The molecule has 0 saturated heterocycles. The minimum Gasteiger partial charge on any atom is -0.226 e. The smallest absolute Gasteiger partial charge is 0.223 e. The summed E-state index contributed by atoms with van der Waals surface area (Å²) in [7, 11) is 0. The van der Waals surface area contributed by atoms with Crippen molar-refractivity contribution in [1.29, 1.82) is 0 Å². The van der Waals surface area contributed by atoms with Gasteiger partial charge in [-0.25, -0.2) is 9.97 Å². The van der Waals surface area contributed by atoms with Gasteiger partial charge in [-0.2, -0.15) is 0 Å². The van der Waals surface area contributed by atoms with Crippen LogP contribution in [0.4, 0.5) is 0 Å². The fourth-order valence-corrected chi connectivity index (χ4v) is 3.49. The van der Waals surface area contributed by atoms with Crippen molar-refractivity contribution >= 4 is 46.5 Å². The van der Waals surface area contributed by atoms with Crippen molar-refractivity contribution in [1.82, 2.24) is 20.2 Å². The number of aryl methyl sites for hydroxylation is 1. The molecule has 2 rings (SSSR count). The molecule has 4 nitrogen and oxygen atoms in total. The van der Waals surface area contributed by atoms with Crippen molar-refractivity contribution in [3.63, 3.8) is 0 Å². The van der Waals surface area contributed by atoms with Crippen LogP contribution in [-0.4, -0.2) is 26.4 Å². The van der Waals surface area contributed by atoms with E-state index in [2.05, 4.69) is 20.2 Å². The summed E-state index contributed by atoms with van der Waals surface area (Å²) in [4.78, 5) is 8.06. The van der Waals surface area contributed by atoms with Gasteiger partial charge in [-0.15, -0.1) is 10.2 Å². The molecule has 0 amide bonds. The molecule has 0 aliphatic carbocycles. The minimum absolute atomic E-state index is 0.253. The number of nitrogens with zero attached hydrogens (tertiary/aromatic N) is 4. The number of thioether (sulfide) groups is 1. The topological polar surface area (TPSA) is 51.6 Å². The largest absolute Gasteiger partial charge is 0.226 e. The van der Waals surface area contributed by atoms with Gasteiger partial charge in [0.2, 0.25) is 5.28 Å². The molecule has 0 aromatic carbocycles. The molecule has 0 bridgehead atoms. The average molecular weight is 291 g/mol. The monoisotopic (exact) mass is 290 g/mol. The van der Waals surface area contributed by atoms with E-state index in [1.807, 2.05) is 13.2 Å². The summed E-state index contributed by atoms with van der Waals surface area (Å²) in [6, 6.07) is 0. The molecule has 0 aliphatic rings. The second kappa shape index (κ2) is 5.31. The Morgan fingerprint density at radius 1 is 1.31 bits per heavy atom. The van der Waals surface area contributed by atoms with Crippen LogP contribution in [-0.2, 0) is 0 Å². The second-order valence-electron chi connectivity index (χ2n) is 2.77. The zero-order valence-electron chi connectivity index (χ0n) is 8.47. The molecule has 2 aromatic rings. The molecule has 8 heteroatoms. The third-order valence-electron chi connectivity index (χ3n) is 1.64. The van der Waals surface area contributed by atoms with Crippen LogP contribution in [0, 0.1) is 6.92 Å². The SMILES string of the molecule is CSc1nnc(Sc2nc(Cl)ncc2C)s1. The van der Waals surface area contributed by atoms with Crippen molar-refractivity contribution in [2.24, 2.45) is 0 Å². The van der Waals surface area contributed by atoms with Crippen LogP contribution in [0.3, 0.4) is 0 Å². The quantitative estimate of drug-likeness (QED) is 0.492. The standard InChI is InChI=1S/C8H7ClN4S3/c1-4-3-10-6(9)11-5(4)15-8-13-12-7(14-2)16-8/h3H,1-2H3. The summed E-state index contributed by atoms with van der Waals surface area (Å²) in [5.41, 5.74) is 0.982. The number of hydrogen-bond acceptors (Lipinski definition) is 7. The highest BCUT2D eigenvalue weighted by Crippen LogP contribution is 2.33. The second-order valence-corrected chi connectivity index (χ2v) is 6.37. The molecule has 0 unspecified atom stereocenters. The Labute approximate surface area is 110 Å². The van der Waals surface area contributed by atoms with Gasteiger partial charge in [-0.3, -0.25) is 0 Å². The Morgan fingerprint density at radius 2 is 2.06 bits per heavy atom. The van der Waals surface area contributed by atoms with Crippen LogP contribution >= 0.6 is 46.5 Å². The van der Waals surface area contributed by atoms with E-state index in [1.54, 1.807) is 29.3 Å². The van der Waals surface area contributed by atoms with E-state index in [4.69, 9.17) is 11.6 Å². The summed E-state index contributed by atoms with van der Waals surface area (Å²) >= 11 is 10.3. The van der Waals surface area contributed by atoms with E-state index in [0.717, 1.165) is 19.3 Å². The van der Waals surface area contributed by atoms with Gasteiger partial charge in [0.25, 0.3) is 0 Å². The molecule has 84 valence electrons. The number of hydrogen-bond donors (Lipinski definition) is 0. The van der Waals surface area contributed by atoms with E-state index in [-0.39, 0.29) is 5.28 Å². The van der Waals surface area contributed by atoms with Crippen molar-refractivity contribution in [3.8, 4) is 0 Å². The van der Waals surface area contributed by atoms with Crippen molar-refractivity contribution in [2.45, 2.75) is 20.6 Å². The third-order valence-corrected chi connectivity index (χ3v) is 4.88. The zero-order chi connectivity index (χ0) is 11.5. The highest BCUT2D eigenvalue weighted by molar-refractivity contribution is 8.03. The molecule has 16 heavy (non-hydrogen) atoms. The van der Waals surface area contributed by atoms with E-state index in [9.17, 15) is 0 Å². The molecule has 0 fully saturated rings. The Bertz CT molecular complexity index is 502. The van der Waals surface area contributed by atoms with Crippen LogP contribution in [0.15, 0.2) is 19.9 Å². The van der Waals surface area contributed by atoms with E-state index >= 15 is 0 Å². The summed E-state index contributed by atoms with van der Waals surface area (Å²) in [5.74, 6) is 0. The van der Waals surface area contributed by atoms with E-state index in [0.29, 0.717) is 0 Å². The Balaban J connectivity index is 2.22. The predicted octanol–water partition coefficient (Wildman–Crippen LogP) is 3.16. The van der Waals surface area contributed by atoms with Gasteiger partial charge in [-0.05, 0) is 36.5 Å². The van der Waals surface area contributed by atoms with E-state index in [1.165, 1.54) is 11.8 Å². The maximum absolute atomic E-state index is 5.74. The first-order valence-corrected chi connectivity index (χ1v) is 7.47. The van der Waals surface area contributed by atoms with Crippen molar-refractivity contribution in [3.05, 3.63) is 17.0 Å².